The van der Waals surface area contributed by atoms with Crippen LogP contribution in [0.5, 0.6) is 0 Å². The van der Waals surface area contributed by atoms with Crippen LogP contribution in [0, 0.1) is 11.8 Å². The molecule has 0 radical (unpaired) electrons. The second-order valence-electron chi connectivity index (χ2n) is 6.13. The van der Waals surface area contributed by atoms with Gasteiger partial charge in [-0.1, -0.05) is 51.1 Å². The summed E-state index contributed by atoms with van der Waals surface area (Å²) in [6, 6.07) is 10.3. The van der Waals surface area contributed by atoms with Gasteiger partial charge in [-0.05, 0) is 43.3 Å². The Bertz CT molecular complexity index is 483. The number of benzene rings is 1. The van der Waals surface area contributed by atoms with E-state index in [4.69, 9.17) is 0 Å². The zero-order valence-corrected chi connectivity index (χ0v) is 14.3. The Morgan fingerprint density at radius 2 is 1.76 bits per heavy atom. The molecule has 1 atom stereocenters. The van der Waals surface area contributed by atoms with E-state index in [1.165, 1.54) is 5.56 Å². The van der Waals surface area contributed by atoms with Crippen molar-refractivity contribution in [1.29, 1.82) is 0 Å². The summed E-state index contributed by atoms with van der Waals surface area (Å²) >= 11 is 0. The first-order valence-corrected chi connectivity index (χ1v) is 9.70. The highest BCUT2D eigenvalue weighted by Crippen LogP contribution is 2.13. The quantitative estimate of drug-likeness (QED) is 0.722. The summed E-state index contributed by atoms with van der Waals surface area (Å²) in [7, 11) is -2.88. The highest BCUT2D eigenvalue weighted by atomic mass is 32.2. The third kappa shape index (κ3) is 8.22. The summed E-state index contributed by atoms with van der Waals surface area (Å²) in [6.07, 6.45) is 1.67. The molecule has 0 aliphatic heterocycles. The van der Waals surface area contributed by atoms with E-state index in [9.17, 15) is 8.42 Å². The molecule has 0 saturated carbocycles. The Labute approximate surface area is 130 Å². The molecule has 0 bridgehead atoms. The van der Waals surface area contributed by atoms with Crippen LogP contribution >= 0.6 is 0 Å². The molecule has 1 N–H and O–H groups in total. The van der Waals surface area contributed by atoms with E-state index in [0.717, 1.165) is 25.9 Å². The molecule has 0 amide bonds. The topological polar surface area (TPSA) is 46.2 Å². The largest absolute Gasteiger partial charge is 0.316 e. The van der Waals surface area contributed by atoms with Gasteiger partial charge in [-0.15, -0.1) is 0 Å². The number of nitrogens with one attached hydrogen (secondary N) is 1. The van der Waals surface area contributed by atoms with Crippen LogP contribution in [-0.2, 0) is 16.3 Å². The lowest BCUT2D eigenvalue weighted by atomic mass is 9.96. The van der Waals surface area contributed by atoms with Crippen LogP contribution in [0.3, 0.4) is 0 Å². The SMILES string of the molecule is CCS(=O)(=O)CCC(CNCC(C)C)Cc1ccccc1. The predicted molar refractivity (Wildman–Crippen MR) is 90.3 cm³/mol. The maximum atomic E-state index is 11.7. The second kappa shape index (κ2) is 9.21. The predicted octanol–water partition coefficient (Wildman–Crippen LogP) is 2.92. The lowest BCUT2D eigenvalue weighted by molar-refractivity contribution is 0.436. The van der Waals surface area contributed by atoms with Crippen molar-refractivity contribution in [3.05, 3.63) is 35.9 Å². The molecule has 1 aromatic carbocycles. The van der Waals surface area contributed by atoms with Crippen LogP contribution < -0.4 is 5.32 Å². The fourth-order valence-corrected chi connectivity index (χ4v) is 3.27. The van der Waals surface area contributed by atoms with Gasteiger partial charge in [0.15, 0.2) is 0 Å². The first-order valence-electron chi connectivity index (χ1n) is 7.88. The molecule has 120 valence electrons. The molecule has 0 saturated heterocycles. The molecular weight excluding hydrogens is 282 g/mol. The van der Waals surface area contributed by atoms with Gasteiger partial charge in [-0.25, -0.2) is 8.42 Å². The summed E-state index contributed by atoms with van der Waals surface area (Å²) in [5.41, 5.74) is 1.28. The van der Waals surface area contributed by atoms with Crippen LogP contribution in [0.25, 0.3) is 0 Å². The molecule has 0 aromatic heterocycles. The molecular formula is C17H29NO2S. The van der Waals surface area contributed by atoms with Gasteiger partial charge in [-0.3, -0.25) is 0 Å². The highest BCUT2D eigenvalue weighted by Gasteiger charge is 2.15. The fraction of sp³-hybridized carbons (Fsp3) is 0.647. The van der Waals surface area contributed by atoms with Crippen molar-refractivity contribution < 1.29 is 8.42 Å². The molecule has 1 unspecified atom stereocenters. The number of rotatable bonds is 10. The normalized spacial score (nSPS) is 13.5. The zero-order chi connectivity index (χ0) is 15.7. The molecule has 0 spiro atoms. The molecule has 0 heterocycles. The Hall–Kier alpha value is -0.870. The Kier molecular flexibility index (Phi) is 7.97. The molecule has 0 aliphatic rings. The van der Waals surface area contributed by atoms with E-state index in [1.807, 2.05) is 18.2 Å². The number of hydrogen-bond acceptors (Lipinski definition) is 3. The van der Waals surface area contributed by atoms with E-state index in [1.54, 1.807) is 6.92 Å². The van der Waals surface area contributed by atoms with Crippen LogP contribution in [-0.4, -0.2) is 33.0 Å². The first-order chi connectivity index (χ1) is 9.93. The Morgan fingerprint density at radius 3 is 2.33 bits per heavy atom. The molecule has 0 fully saturated rings. The van der Waals surface area contributed by atoms with Gasteiger partial charge in [-0.2, -0.15) is 0 Å². The van der Waals surface area contributed by atoms with E-state index >= 15 is 0 Å². The van der Waals surface area contributed by atoms with Crippen molar-refractivity contribution >= 4 is 9.84 Å². The first kappa shape index (κ1) is 18.2. The van der Waals surface area contributed by atoms with Crippen LogP contribution in [0.4, 0.5) is 0 Å². The second-order valence-corrected chi connectivity index (χ2v) is 8.61. The minimum absolute atomic E-state index is 0.241. The third-order valence-corrected chi connectivity index (χ3v) is 5.37. The van der Waals surface area contributed by atoms with Gasteiger partial charge >= 0.3 is 0 Å². The van der Waals surface area contributed by atoms with E-state index in [0.29, 0.717) is 17.6 Å². The van der Waals surface area contributed by atoms with Crippen LogP contribution in [0.1, 0.15) is 32.8 Å². The number of hydrogen-bond donors (Lipinski definition) is 1. The van der Waals surface area contributed by atoms with Gasteiger partial charge < -0.3 is 5.32 Å². The van der Waals surface area contributed by atoms with Gasteiger partial charge in [0.2, 0.25) is 0 Å². The Morgan fingerprint density at radius 1 is 1.10 bits per heavy atom. The van der Waals surface area contributed by atoms with Crippen LogP contribution in [0.15, 0.2) is 30.3 Å². The van der Waals surface area contributed by atoms with Crippen molar-refractivity contribution in [2.45, 2.75) is 33.6 Å². The lowest BCUT2D eigenvalue weighted by Crippen LogP contribution is -2.29. The average Bonchev–Trinajstić information content (AvgIpc) is 2.45. The lowest BCUT2D eigenvalue weighted by Gasteiger charge is -2.18. The van der Waals surface area contributed by atoms with Crippen molar-refractivity contribution in [1.82, 2.24) is 5.32 Å². The smallest absolute Gasteiger partial charge is 0.150 e. The van der Waals surface area contributed by atoms with Crippen LogP contribution in [0.2, 0.25) is 0 Å². The minimum Gasteiger partial charge on any atom is -0.316 e. The monoisotopic (exact) mass is 311 g/mol. The van der Waals surface area contributed by atoms with Gasteiger partial charge in [0.1, 0.15) is 9.84 Å². The summed E-state index contributed by atoms with van der Waals surface area (Å²) in [5, 5.41) is 3.46. The summed E-state index contributed by atoms with van der Waals surface area (Å²) in [5.74, 6) is 1.52. The minimum atomic E-state index is -2.88. The standard InChI is InChI=1S/C17H29NO2S/c1-4-21(19,20)11-10-17(14-18-13-15(2)3)12-16-8-6-5-7-9-16/h5-9,15,17-18H,4,10-14H2,1-3H3. The summed E-state index contributed by atoms with van der Waals surface area (Å²) < 4.78 is 23.4. The van der Waals surface area contributed by atoms with E-state index in [2.05, 4.69) is 31.3 Å². The van der Waals surface area contributed by atoms with Gasteiger partial charge in [0.25, 0.3) is 0 Å². The average molecular weight is 311 g/mol. The third-order valence-electron chi connectivity index (χ3n) is 3.63. The van der Waals surface area contributed by atoms with Gasteiger partial charge in [0.05, 0.1) is 5.75 Å². The maximum absolute atomic E-state index is 11.7. The maximum Gasteiger partial charge on any atom is 0.150 e. The molecule has 1 aromatic rings. The highest BCUT2D eigenvalue weighted by molar-refractivity contribution is 7.91. The molecule has 1 rings (SSSR count). The molecule has 0 aliphatic carbocycles. The van der Waals surface area contributed by atoms with Crippen molar-refractivity contribution in [3.63, 3.8) is 0 Å². The fourth-order valence-electron chi connectivity index (χ4n) is 2.29. The molecule has 21 heavy (non-hydrogen) atoms. The van der Waals surface area contributed by atoms with E-state index in [-0.39, 0.29) is 5.75 Å². The van der Waals surface area contributed by atoms with E-state index < -0.39 is 9.84 Å². The zero-order valence-electron chi connectivity index (χ0n) is 13.5. The van der Waals surface area contributed by atoms with Crippen molar-refractivity contribution in [2.75, 3.05) is 24.6 Å². The Balaban J connectivity index is 2.57. The summed E-state index contributed by atoms with van der Waals surface area (Å²) in [4.78, 5) is 0. The van der Waals surface area contributed by atoms with Gasteiger partial charge in [0, 0.05) is 5.75 Å². The number of sulfone groups is 1. The molecule has 4 heteroatoms. The van der Waals surface area contributed by atoms with Crippen molar-refractivity contribution in [2.24, 2.45) is 11.8 Å². The van der Waals surface area contributed by atoms with Crippen molar-refractivity contribution in [3.8, 4) is 0 Å². The summed E-state index contributed by atoms with van der Waals surface area (Å²) in [6.45, 7) is 7.94. The molecule has 3 nitrogen and oxygen atoms in total.